The maximum Gasteiger partial charge on any atom is 0.130 e. The van der Waals surface area contributed by atoms with Gasteiger partial charge in [0, 0.05) is 31.2 Å². The Bertz CT molecular complexity index is 698. The van der Waals surface area contributed by atoms with Crippen molar-refractivity contribution < 1.29 is 0 Å². The third-order valence-electron chi connectivity index (χ3n) is 3.48. The van der Waals surface area contributed by atoms with Gasteiger partial charge in [-0.25, -0.2) is 9.67 Å². The monoisotopic (exact) mass is 281 g/mol. The third-order valence-corrected chi connectivity index (χ3v) is 3.48. The van der Waals surface area contributed by atoms with Crippen LogP contribution >= 0.6 is 0 Å². The lowest BCUT2D eigenvalue weighted by Gasteiger charge is -2.16. The van der Waals surface area contributed by atoms with Crippen LogP contribution in [0.25, 0.3) is 5.69 Å². The fourth-order valence-corrected chi connectivity index (χ4v) is 2.43. The summed E-state index contributed by atoms with van der Waals surface area (Å²) in [6.07, 6.45) is 7.73. The molecule has 0 radical (unpaired) electrons. The molecule has 1 N–H and O–H groups in total. The SMILES string of the molecule is CCNC(c1cnn(-c2ccccc2)c1)c1nccn1C. The fraction of sp³-hybridized carbons (Fsp3) is 0.250. The van der Waals surface area contributed by atoms with E-state index in [1.807, 2.05) is 65.2 Å². The van der Waals surface area contributed by atoms with E-state index in [-0.39, 0.29) is 6.04 Å². The van der Waals surface area contributed by atoms with Crippen LogP contribution in [0.2, 0.25) is 0 Å². The molecule has 0 aliphatic heterocycles. The lowest BCUT2D eigenvalue weighted by atomic mass is 10.1. The summed E-state index contributed by atoms with van der Waals surface area (Å²) in [7, 11) is 2.01. The topological polar surface area (TPSA) is 47.7 Å². The van der Waals surface area contributed by atoms with Gasteiger partial charge in [0.05, 0.1) is 17.9 Å². The second-order valence-electron chi connectivity index (χ2n) is 4.94. The number of rotatable bonds is 5. The molecule has 0 aliphatic rings. The van der Waals surface area contributed by atoms with Crippen molar-refractivity contribution in [1.29, 1.82) is 0 Å². The predicted octanol–water partition coefficient (Wildman–Crippen LogP) is 2.30. The van der Waals surface area contributed by atoms with Gasteiger partial charge in [-0.15, -0.1) is 0 Å². The van der Waals surface area contributed by atoms with Gasteiger partial charge in [-0.3, -0.25) is 0 Å². The van der Waals surface area contributed by atoms with Crippen molar-refractivity contribution in [3.63, 3.8) is 0 Å². The Hall–Kier alpha value is -2.40. The van der Waals surface area contributed by atoms with Crippen LogP contribution in [-0.2, 0) is 7.05 Å². The number of hydrogen-bond acceptors (Lipinski definition) is 3. The Kier molecular flexibility index (Phi) is 3.83. The number of nitrogens with zero attached hydrogens (tertiary/aromatic N) is 4. The van der Waals surface area contributed by atoms with Crippen LogP contribution in [0.5, 0.6) is 0 Å². The van der Waals surface area contributed by atoms with Gasteiger partial charge < -0.3 is 9.88 Å². The average molecular weight is 281 g/mol. The molecule has 5 heteroatoms. The van der Waals surface area contributed by atoms with E-state index in [9.17, 15) is 0 Å². The van der Waals surface area contributed by atoms with Crippen LogP contribution in [0.4, 0.5) is 0 Å². The Labute approximate surface area is 124 Å². The van der Waals surface area contributed by atoms with Crippen molar-refractivity contribution >= 4 is 0 Å². The van der Waals surface area contributed by atoms with Crippen LogP contribution in [0, 0.1) is 0 Å². The van der Waals surface area contributed by atoms with E-state index >= 15 is 0 Å². The third kappa shape index (κ3) is 2.73. The molecular formula is C16H19N5. The van der Waals surface area contributed by atoms with Crippen molar-refractivity contribution in [3.05, 3.63) is 66.5 Å². The molecule has 2 aromatic heterocycles. The summed E-state index contributed by atoms with van der Waals surface area (Å²) >= 11 is 0. The van der Waals surface area contributed by atoms with E-state index in [2.05, 4.69) is 28.5 Å². The molecule has 1 unspecified atom stereocenters. The highest BCUT2D eigenvalue weighted by Crippen LogP contribution is 2.20. The first kappa shape index (κ1) is 13.6. The van der Waals surface area contributed by atoms with E-state index in [0.29, 0.717) is 0 Å². The molecule has 108 valence electrons. The minimum absolute atomic E-state index is 0.0486. The minimum Gasteiger partial charge on any atom is -0.336 e. The molecular weight excluding hydrogens is 262 g/mol. The van der Waals surface area contributed by atoms with Gasteiger partial charge in [0.25, 0.3) is 0 Å². The molecule has 1 aromatic carbocycles. The zero-order valence-corrected chi connectivity index (χ0v) is 12.3. The van der Waals surface area contributed by atoms with Gasteiger partial charge in [-0.2, -0.15) is 5.10 Å². The van der Waals surface area contributed by atoms with Crippen LogP contribution in [0.3, 0.4) is 0 Å². The number of imidazole rings is 1. The smallest absolute Gasteiger partial charge is 0.130 e. The van der Waals surface area contributed by atoms with Crippen LogP contribution in [0.15, 0.2) is 55.1 Å². The van der Waals surface area contributed by atoms with Gasteiger partial charge in [0.15, 0.2) is 0 Å². The van der Waals surface area contributed by atoms with Gasteiger partial charge in [-0.1, -0.05) is 25.1 Å². The number of para-hydroxylation sites is 1. The van der Waals surface area contributed by atoms with Crippen molar-refractivity contribution in [3.8, 4) is 5.69 Å². The summed E-state index contributed by atoms with van der Waals surface area (Å²) in [6.45, 7) is 2.96. The molecule has 0 amide bonds. The van der Waals surface area contributed by atoms with Gasteiger partial charge in [0.1, 0.15) is 5.82 Å². The van der Waals surface area contributed by atoms with Gasteiger partial charge in [-0.05, 0) is 18.7 Å². The zero-order valence-electron chi connectivity index (χ0n) is 12.3. The van der Waals surface area contributed by atoms with Crippen molar-refractivity contribution in [1.82, 2.24) is 24.6 Å². The molecule has 5 nitrogen and oxygen atoms in total. The number of benzene rings is 1. The average Bonchev–Trinajstić information content (AvgIpc) is 3.15. The zero-order chi connectivity index (χ0) is 14.7. The summed E-state index contributed by atoms with van der Waals surface area (Å²) < 4.78 is 3.93. The lowest BCUT2D eigenvalue weighted by Crippen LogP contribution is -2.24. The Balaban J connectivity index is 1.95. The summed E-state index contributed by atoms with van der Waals surface area (Å²) in [4.78, 5) is 4.46. The summed E-state index contributed by atoms with van der Waals surface area (Å²) in [5, 5.41) is 7.94. The lowest BCUT2D eigenvalue weighted by molar-refractivity contribution is 0.577. The second kappa shape index (κ2) is 5.93. The number of hydrogen-bond donors (Lipinski definition) is 1. The predicted molar refractivity (Wildman–Crippen MR) is 82.3 cm³/mol. The Morgan fingerprint density at radius 2 is 2.05 bits per heavy atom. The highest BCUT2D eigenvalue weighted by Gasteiger charge is 2.19. The first-order valence-corrected chi connectivity index (χ1v) is 7.10. The number of aromatic nitrogens is 4. The fourth-order valence-electron chi connectivity index (χ4n) is 2.43. The van der Waals surface area contributed by atoms with E-state index in [4.69, 9.17) is 0 Å². The van der Waals surface area contributed by atoms with E-state index in [1.54, 1.807) is 0 Å². The van der Waals surface area contributed by atoms with Gasteiger partial charge >= 0.3 is 0 Å². The van der Waals surface area contributed by atoms with E-state index < -0.39 is 0 Å². The molecule has 3 aromatic rings. The first-order chi connectivity index (χ1) is 10.3. The Morgan fingerprint density at radius 1 is 1.24 bits per heavy atom. The molecule has 0 saturated carbocycles. The summed E-state index contributed by atoms with van der Waals surface area (Å²) in [5.74, 6) is 0.990. The van der Waals surface area contributed by atoms with Crippen molar-refractivity contribution in [2.75, 3.05) is 6.54 Å². The molecule has 0 spiro atoms. The van der Waals surface area contributed by atoms with Crippen molar-refractivity contribution in [2.45, 2.75) is 13.0 Å². The second-order valence-corrected chi connectivity index (χ2v) is 4.94. The number of nitrogens with one attached hydrogen (secondary N) is 1. The van der Waals surface area contributed by atoms with Crippen molar-refractivity contribution in [2.24, 2.45) is 7.05 Å². The molecule has 1 atom stereocenters. The molecule has 0 aliphatic carbocycles. The van der Waals surface area contributed by atoms with Gasteiger partial charge in [0.2, 0.25) is 0 Å². The molecule has 0 fully saturated rings. The molecule has 2 heterocycles. The van der Waals surface area contributed by atoms with E-state index in [0.717, 1.165) is 23.6 Å². The maximum atomic E-state index is 4.47. The summed E-state index contributed by atoms with van der Waals surface area (Å²) in [5.41, 5.74) is 2.16. The van der Waals surface area contributed by atoms with Crippen LogP contribution in [0.1, 0.15) is 24.4 Å². The maximum absolute atomic E-state index is 4.47. The van der Waals surface area contributed by atoms with Crippen LogP contribution < -0.4 is 5.32 Å². The Morgan fingerprint density at radius 3 is 2.71 bits per heavy atom. The normalized spacial score (nSPS) is 12.5. The largest absolute Gasteiger partial charge is 0.336 e. The molecule has 0 bridgehead atoms. The molecule has 3 rings (SSSR count). The molecule has 21 heavy (non-hydrogen) atoms. The van der Waals surface area contributed by atoms with Crippen LogP contribution in [-0.4, -0.2) is 25.9 Å². The van der Waals surface area contributed by atoms with E-state index in [1.165, 1.54) is 0 Å². The first-order valence-electron chi connectivity index (χ1n) is 7.10. The number of aryl methyl sites for hydroxylation is 1. The minimum atomic E-state index is 0.0486. The summed E-state index contributed by atoms with van der Waals surface area (Å²) in [6, 6.07) is 10.2. The quantitative estimate of drug-likeness (QED) is 0.780. The standard InChI is InChI=1S/C16H19N5/c1-3-17-15(16-18-9-10-20(16)2)13-11-19-21(12-13)14-7-5-4-6-8-14/h4-12,15,17H,3H2,1-2H3. The molecule has 0 saturated heterocycles. The highest BCUT2D eigenvalue weighted by atomic mass is 15.3. The highest BCUT2D eigenvalue weighted by molar-refractivity contribution is 5.32.